The monoisotopic (exact) mass is 292 g/mol. The molecule has 0 saturated carbocycles. The van der Waals surface area contributed by atoms with Gasteiger partial charge in [-0.15, -0.1) is 0 Å². The van der Waals surface area contributed by atoms with Crippen molar-refractivity contribution < 1.29 is 0 Å². The van der Waals surface area contributed by atoms with Crippen LogP contribution in [0.25, 0.3) is 10.9 Å². The number of pyridine rings is 1. The van der Waals surface area contributed by atoms with Gasteiger partial charge in [0, 0.05) is 15.4 Å². The first-order chi connectivity index (χ1) is 7.79. The Morgan fingerprint density at radius 1 is 1.18 bits per heavy atom. The van der Waals surface area contributed by atoms with Crippen molar-refractivity contribution in [3.8, 4) is 0 Å². The van der Waals surface area contributed by atoms with E-state index < -0.39 is 0 Å². The molecule has 0 bridgehead atoms. The second-order valence-electron chi connectivity index (χ2n) is 5.49. The lowest BCUT2D eigenvalue weighted by Gasteiger charge is -2.21. The number of hydrogen-bond acceptors (Lipinski definition) is 2. The number of fused-ring (bicyclic) bond motifs is 1. The summed E-state index contributed by atoms with van der Waals surface area (Å²) in [6, 6.07) is 6.35. The van der Waals surface area contributed by atoms with Gasteiger partial charge in [-0.1, -0.05) is 20.8 Å². The van der Waals surface area contributed by atoms with Gasteiger partial charge in [-0.2, -0.15) is 0 Å². The third-order valence-electron chi connectivity index (χ3n) is 2.85. The maximum atomic E-state index is 6.05. The number of aryl methyl sites for hydroxylation is 1. The number of nitrogens with zero attached hydrogens (tertiary/aromatic N) is 1. The molecule has 0 spiro atoms. The fraction of sp³-hybridized carbons (Fsp3) is 0.357. The highest BCUT2D eigenvalue weighted by molar-refractivity contribution is 9.10. The summed E-state index contributed by atoms with van der Waals surface area (Å²) in [4.78, 5) is 4.51. The van der Waals surface area contributed by atoms with Crippen LogP contribution in [0.2, 0.25) is 0 Å². The number of aromatic nitrogens is 1. The number of nitrogen functional groups attached to an aromatic ring is 1. The zero-order chi connectivity index (χ0) is 12.8. The summed E-state index contributed by atoms with van der Waals surface area (Å²) >= 11 is 3.54. The number of anilines is 1. The van der Waals surface area contributed by atoms with Crippen molar-refractivity contribution >= 4 is 32.7 Å². The van der Waals surface area contributed by atoms with Gasteiger partial charge in [-0.25, -0.2) is 4.98 Å². The summed E-state index contributed by atoms with van der Waals surface area (Å²) in [6.07, 6.45) is 0. The number of hydrogen-bond donors (Lipinski definition) is 1. The van der Waals surface area contributed by atoms with Crippen LogP contribution >= 0.6 is 15.9 Å². The molecule has 1 aromatic carbocycles. The van der Waals surface area contributed by atoms with Gasteiger partial charge in [0.1, 0.15) is 5.82 Å². The molecule has 17 heavy (non-hydrogen) atoms. The minimum absolute atomic E-state index is 0.0154. The van der Waals surface area contributed by atoms with Crippen LogP contribution in [0, 0.1) is 6.92 Å². The highest BCUT2D eigenvalue weighted by Gasteiger charge is 2.19. The molecule has 2 nitrogen and oxygen atoms in total. The molecule has 0 aliphatic heterocycles. The second kappa shape index (κ2) is 3.98. The van der Waals surface area contributed by atoms with Crippen molar-refractivity contribution in [3.05, 3.63) is 33.8 Å². The van der Waals surface area contributed by atoms with Gasteiger partial charge in [0.15, 0.2) is 0 Å². The molecule has 0 amide bonds. The smallest absolute Gasteiger partial charge is 0.127 e. The maximum absolute atomic E-state index is 6.05. The topological polar surface area (TPSA) is 38.9 Å². The zero-order valence-corrected chi connectivity index (χ0v) is 12.2. The van der Waals surface area contributed by atoms with Crippen molar-refractivity contribution in [1.29, 1.82) is 0 Å². The standard InChI is InChI=1S/C14H17BrN2/c1-8-5-9-7-10(14(2,3)4)13(16)17-12(9)11(15)6-8/h5-7H,1-4H3,(H2,16,17). The van der Waals surface area contributed by atoms with Crippen molar-refractivity contribution in [2.75, 3.05) is 5.73 Å². The van der Waals surface area contributed by atoms with E-state index in [4.69, 9.17) is 5.73 Å². The zero-order valence-electron chi connectivity index (χ0n) is 10.6. The van der Waals surface area contributed by atoms with Crippen LogP contribution in [-0.2, 0) is 5.41 Å². The minimum Gasteiger partial charge on any atom is -0.383 e. The van der Waals surface area contributed by atoms with E-state index in [9.17, 15) is 0 Å². The molecule has 2 rings (SSSR count). The summed E-state index contributed by atoms with van der Waals surface area (Å²) < 4.78 is 1.000. The average molecular weight is 293 g/mol. The Hall–Kier alpha value is -1.09. The van der Waals surface area contributed by atoms with Crippen molar-refractivity contribution in [2.24, 2.45) is 0 Å². The van der Waals surface area contributed by atoms with Gasteiger partial charge in [0.25, 0.3) is 0 Å². The Morgan fingerprint density at radius 3 is 2.41 bits per heavy atom. The molecule has 0 unspecified atom stereocenters. The lowest BCUT2D eigenvalue weighted by molar-refractivity contribution is 0.591. The van der Waals surface area contributed by atoms with E-state index in [0.29, 0.717) is 5.82 Å². The van der Waals surface area contributed by atoms with Crippen LogP contribution in [0.5, 0.6) is 0 Å². The molecule has 0 aliphatic carbocycles. The largest absolute Gasteiger partial charge is 0.383 e. The van der Waals surface area contributed by atoms with E-state index >= 15 is 0 Å². The first kappa shape index (κ1) is 12.4. The number of benzene rings is 1. The normalized spacial score (nSPS) is 12.1. The van der Waals surface area contributed by atoms with Crippen LogP contribution in [0.4, 0.5) is 5.82 Å². The van der Waals surface area contributed by atoms with E-state index in [-0.39, 0.29) is 5.41 Å². The third-order valence-corrected chi connectivity index (χ3v) is 3.46. The molecular formula is C14H17BrN2. The fourth-order valence-corrected chi connectivity index (χ4v) is 2.68. The summed E-state index contributed by atoms with van der Waals surface area (Å²) in [5.74, 6) is 0.620. The van der Waals surface area contributed by atoms with Crippen molar-refractivity contribution in [1.82, 2.24) is 4.98 Å². The molecule has 1 aromatic heterocycles. The molecule has 1 heterocycles. The fourth-order valence-electron chi connectivity index (χ4n) is 2.00. The van der Waals surface area contributed by atoms with E-state index in [0.717, 1.165) is 20.9 Å². The first-order valence-corrected chi connectivity index (χ1v) is 6.45. The lowest BCUT2D eigenvalue weighted by Crippen LogP contribution is -2.15. The first-order valence-electron chi connectivity index (χ1n) is 5.66. The maximum Gasteiger partial charge on any atom is 0.127 e. The van der Waals surface area contributed by atoms with E-state index in [1.54, 1.807) is 0 Å². The van der Waals surface area contributed by atoms with Crippen molar-refractivity contribution in [3.63, 3.8) is 0 Å². The molecule has 0 saturated heterocycles. The Kier molecular flexibility index (Phi) is 2.90. The molecule has 90 valence electrons. The van der Waals surface area contributed by atoms with E-state index in [1.165, 1.54) is 5.56 Å². The number of halogens is 1. The predicted molar refractivity (Wildman–Crippen MR) is 77.3 cm³/mol. The van der Waals surface area contributed by atoms with Gasteiger partial charge >= 0.3 is 0 Å². The molecule has 0 radical (unpaired) electrons. The Bertz CT molecular complexity index is 583. The van der Waals surface area contributed by atoms with Crippen LogP contribution in [0.15, 0.2) is 22.7 Å². The minimum atomic E-state index is 0.0154. The Morgan fingerprint density at radius 2 is 1.82 bits per heavy atom. The van der Waals surface area contributed by atoms with Crippen LogP contribution < -0.4 is 5.73 Å². The molecule has 2 aromatic rings. The van der Waals surface area contributed by atoms with Gasteiger partial charge in [-0.05, 0) is 52.0 Å². The summed E-state index contributed by atoms with van der Waals surface area (Å²) in [5, 5.41) is 1.14. The number of rotatable bonds is 0. The molecule has 3 heteroatoms. The molecule has 2 N–H and O–H groups in total. The van der Waals surface area contributed by atoms with Crippen LogP contribution in [0.3, 0.4) is 0 Å². The highest BCUT2D eigenvalue weighted by Crippen LogP contribution is 2.32. The molecule has 0 atom stereocenters. The van der Waals surface area contributed by atoms with Gasteiger partial charge in [0.05, 0.1) is 5.52 Å². The average Bonchev–Trinajstić information content (AvgIpc) is 2.16. The van der Waals surface area contributed by atoms with Crippen molar-refractivity contribution in [2.45, 2.75) is 33.1 Å². The Labute approximate surface area is 110 Å². The quantitative estimate of drug-likeness (QED) is 0.791. The second-order valence-corrected chi connectivity index (χ2v) is 6.34. The predicted octanol–water partition coefficient (Wildman–Crippen LogP) is 4.19. The van der Waals surface area contributed by atoms with Gasteiger partial charge < -0.3 is 5.73 Å². The summed E-state index contributed by atoms with van der Waals surface area (Å²) in [5.41, 5.74) is 9.31. The lowest BCUT2D eigenvalue weighted by atomic mass is 9.86. The van der Waals surface area contributed by atoms with Crippen LogP contribution in [-0.4, -0.2) is 4.98 Å². The van der Waals surface area contributed by atoms with E-state index in [1.807, 2.05) is 0 Å². The summed E-state index contributed by atoms with van der Waals surface area (Å²) in [7, 11) is 0. The molecule has 0 fully saturated rings. The van der Waals surface area contributed by atoms with Gasteiger partial charge in [0.2, 0.25) is 0 Å². The Balaban J connectivity index is 2.81. The summed E-state index contributed by atoms with van der Waals surface area (Å²) in [6.45, 7) is 8.53. The molecular weight excluding hydrogens is 276 g/mol. The number of nitrogens with two attached hydrogens (primary N) is 1. The van der Waals surface area contributed by atoms with Gasteiger partial charge in [-0.3, -0.25) is 0 Å². The third kappa shape index (κ3) is 2.29. The van der Waals surface area contributed by atoms with E-state index in [2.05, 4.69) is 66.8 Å². The highest BCUT2D eigenvalue weighted by atomic mass is 79.9. The van der Waals surface area contributed by atoms with Crippen LogP contribution in [0.1, 0.15) is 31.9 Å². The molecule has 0 aliphatic rings. The SMILES string of the molecule is Cc1cc(Br)c2nc(N)c(C(C)(C)C)cc2c1.